The van der Waals surface area contributed by atoms with Crippen LogP contribution in [0.4, 0.5) is 8.78 Å². The van der Waals surface area contributed by atoms with Gasteiger partial charge in [-0.15, -0.1) is 0 Å². The Morgan fingerprint density at radius 2 is 1.13 bits per heavy atom. The highest BCUT2D eigenvalue weighted by molar-refractivity contribution is 9.10. The predicted octanol–water partition coefficient (Wildman–Crippen LogP) is 8.71. The van der Waals surface area contributed by atoms with E-state index in [2.05, 4.69) is 25.9 Å². The topological polar surface area (TPSA) is 97.3 Å². The number of hydrogen-bond acceptors (Lipinski definition) is 5. The number of aromatic nitrogens is 2. The number of pyridine rings is 2. The molecule has 10 heteroatoms. The highest BCUT2D eigenvalue weighted by Crippen LogP contribution is 2.30. The maximum absolute atomic E-state index is 14.4. The van der Waals surface area contributed by atoms with E-state index in [1.54, 1.807) is 99.4 Å². The van der Waals surface area contributed by atoms with Crippen molar-refractivity contribution in [3.05, 3.63) is 140 Å². The number of ether oxygens (including phenoxy) is 2. The molecular weight excluding hydrogens is 658 g/mol. The number of rotatable bonds is 5. The van der Waals surface area contributed by atoms with Gasteiger partial charge in [0.15, 0.2) is 10.9 Å². The van der Waals surface area contributed by atoms with Crippen molar-refractivity contribution >= 4 is 37.7 Å². The summed E-state index contributed by atoms with van der Waals surface area (Å²) in [4.78, 5) is 31.5. The normalized spacial score (nSPS) is 10.9. The molecule has 0 saturated heterocycles. The molecule has 0 aliphatic heterocycles. The summed E-state index contributed by atoms with van der Waals surface area (Å²) < 4.78 is 44.6. The van der Waals surface area contributed by atoms with E-state index in [-0.39, 0.29) is 21.6 Å². The van der Waals surface area contributed by atoms with Gasteiger partial charge in [0.25, 0.3) is 0 Å². The number of nitrogens with one attached hydrogen (secondary N) is 2. The lowest BCUT2D eigenvalue weighted by atomic mass is 10.0. The van der Waals surface area contributed by atoms with Crippen LogP contribution in [0.15, 0.2) is 122 Å². The molecule has 46 heavy (non-hydrogen) atoms. The molecular formula is C36H25BrF2N2O5. The van der Waals surface area contributed by atoms with Crippen molar-refractivity contribution < 1.29 is 22.7 Å². The van der Waals surface area contributed by atoms with Gasteiger partial charge in [-0.2, -0.15) is 0 Å². The molecule has 0 aliphatic rings. The molecule has 0 aliphatic carbocycles. The largest absolute Gasteiger partial charge is 0.497 e. The van der Waals surface area contributed by atoms with Crippen LogP contribution in [0, 0.1) is 11.6 Å². The minimum atomic E-state index is -0.568. The Morgan fingerprint density at radius 3 is 1.63 bits per heavy atom. The summed E-state index contributed by atoms with van der Waals surface area (Å²) in [6.45, 7) is 0. The van der Waals surface area contributed by atoms with Crippen LogP contribution >= 0.6 is 15.9 Å². The van der Waals surface area contributed by atoms with E-state index in [9.17, 15) is 18.4 Å². The summed E-state index contributed by atoms with van der Waals surface area (Å²) >= 11 is 3.31. The zero-order valence-corrected chi connectivity index (χ0v) is 26.1. The summed E-state index contributed by atoms with van der Waals surface area (Å²) in [6, 6.07) is 23.3. The Balaban J connectivity index is 0.000000164. The third-order valence-electron chi connectivity index (χ3n) is 7.51. The summed E-state index contributed by atoms with van der Waals surface area (Å²) in [5.41, 5.74) is 3.00. The van der Waals surface area contributed by atoms with E-state index >= 15 is 0 Å². The lowest BCUT2D eigenvalue weighted by Gasteiger charge is -2.08. The Bertz CT molecular complexity index is 2300. The van der Waals surface area contributed by atoms with Gasteiger partial charge < -0.3 is 23.9 Å². The molecule has 7 nitrogen and oxygen atoms in total. The van der Waals surface area contributed by atoms with Crippen LogP contribution in [0.1, 0.15) is 0 Å². The van der Waals surface area contributed by atoms with Gasteiger partial charge >= 0.3 is 0 Å². The zero-order chi connectivity index (χ0) is 32.4. The van der Waals surface area contributed by atoms with Crippen molar-refractivity contribution in [3.63, 3.8) is 0 Å². The Morgan fingerprint density at radius 1 is 0.630 bits per heavy atom. The molecule has 0 atom stereocenters. The number of methoxy groups -OCH3 is 2. The van der Waals surface area contributed by atoms with Crippen LogP contribution in [-0.4, -0.2) is 24.2 Å². The number of hydrogen-bond donors (Lipinski definition) is 2. The quantitative estimate of drug-likeness (QED) is 0.189. The number of fused-ring (bicyclic) bond motifs is 2. The van der Waals surface area contributed by atoms with E-state index in [1.165, 1.54) is 18.4 Å². The molecule has 0 amide bonds. The first kappa shape index (κ1) is 30.5. The SMILES string of the molecule is COc1ccc(-c2c[nH]c3c(-c4ccco4)ccc(F)c3c2=O)cc1.COc1ccc(-c2c[nH]c3c(Br)ccc(F)c3c2=O)cc1. The van der Waals surface area contributed by atoms with Crippen molar-refractivity contribution in [3.8, 4) is 45.1 Å². The van der Waals surface area contributed by atoms with Crippen LogP contribution in [0.2, 0.25) is 0 Å². The maximum atomic E-state index is 14.4. The van der Waals surface area contributed by atoms with Crippen LogP contribution < -0.4 is 20.3 Å². The van der Waals surface area contributed by atoms with E-state index in [0.29, 0.717) is 60.6 Å². The van der Waals surface area contributed by atoms with Crippen molar-refractivity contribution in [1.29, 1.82) is 0 Å². The lowest BCUT2D eigenvalue weighted by Crippen LogP contribution is -2.09. The van der Waals surface area contributed by atoms with Gasteiger partial charge in [-0.05, 0) is 87.7 Å². The summed E-state index contributed by atoms with van der Waals surface area (Å²) in [6.07, 6.45) is 4.73. The fourth-order valence-electron chi connectivity index (χ4n) is 5.16. The molecule has 0 bridgehead atoms. The predicted molar refractivity (Wildman–Crippen MR) is 178 cm³/mol. The molecule has 2 N–H and O–H groups in total. The van der Waals surface area contributed by atoms with Crippen molar-refractivity contribution in [2.45, 2.75) is 0 Å². The van der Waals surface area contributed by atoms with Gasteiger partial charge in [-0.1, -0.05) is 24.3 Å². The highest BCUT2D eigenvalue weighted by atomic mass is 79.9. The Labute approximate surface area is 269 Å². The number of halogens is 3. The smallest absolute Gasteiger partial charge is 0.200 e. The molecule has 0 saturated carbocycles. The Kier molecular flexibility index (Phi) is 8.54. The van der Waals surface area contributed by atoms with Crippen LogP contribution in [0.25, 0.3) is 55.4 Å². The molecule has 0 unspecified atom stereocenters. The highest BCUT2D eigenvalue weighted by Gasteiger charge is 2.16. The number of H-pyrrole nitrogens is 2. The van der Waals surface area contributed by atoms with E-state index in [4.69, 9.17) is 13.9 Å². The second-order valence-electron chi connectivity index (χ2n) is 10.1. The van der Waals surface area contributed by atoms with Gasteiger partial charge in [-0.3, -0.25) is 9.59 Å². The third-order valence-corrected chi connectivity index (χ3v) is 8.17. The second kappa shape index (κ2) is 12.9. The minimum absolute atomic E-state index is 0.0159. The van der Waals surface area contributed by atoms with E-state index in [1.807, 2.05) is 0 Å². The number of benzene rings is 4. The van der Waals surface area contributed by atoms with Gasteiger partial charge in [-0.25, -0.2) is 8.78 Å². The molecule has 4 aromatic carbocycles. The minimum Gasteiger partial charge on any atom is -0.497 e. The van der Waals surface area contributed by atoms with Gasteiger partial charge in [0, 0.05) is 33.6 Å². The maximum Gasteiger partial charge on any atom is 0.200 e. The molecule has 230 valence electrons. The fraction of sp³-hybridized carbons (Fsp3) is 0.0556. The average molecular weight is 684 g/mol. The summed E-state index contributed by atoms with van der Waals surface area (Å²) in [7, 11) is 3.15. The van der Waals surface area contributed by atoms with Crippen molar-refractivity contribution in [2.75, 3.05) is 14.2 Å². The van der Waals surface area contributed by atoms with Gasteiger partial charge in [0.1, 0.15) is 28.9 Å². The Hall–Kier alpha value is -5.48. The molecule has 0 radical (unpaired) electrons. The molecule has 7 aromatic rings. The third kappa shape index (κ3) is 5.70. The summed E-state index contributed by atoms with van der Waals surface area (Å²) in [5, 5.41) is 0.0694. The van der Waals surface area contributed by atoms with E-state index in [0.717, 1.165) is 0 Å². The lowest BCUT2D eigenvalue weighted by molar-refractivity contribution is 0.415. The molecule has 0 spiro atoms. The average Bonchev–Trinajstić information content (AvgIpc) is 3.62. The van der Waals surface area contributed by atoms with E-state index < -0.39 is 11.6 Å². The van der Waals surface area contributed by atoms with Gasteiger partial charge in [0.05, 0.1) is 42.3 Å². The first-order valence-corrected chi connectivity index (χ1v) is 14.8. The molecule has 3 aromatic heterocycles. The number of furan rings is 1. The fourth-order valence-corrected chi connectivity index (χ4v) is 5.61. The first-order chi connectivity index (χ1) is 22.3. The standard InChI is InChI=1S/C20H14FNO3.C16H11BrFNO2/c1-24-13-6-4-12(5-7-13)15-11-22-19-14(17-3-2-10-25-17)8-9-16(21)18(19)20(15)23;1-21-10-4-2-9(3-5-10)11-8-19-15-12(17)6-7-13(18)14(15)16(11)20/h2-11H,1H3,(H,22,23);2-8H,1H3,(H,19,20). The first-order valence-electron chi connectivity index (χ1n) is 14.0. The monoisotopic (exact) mass is 682 g/mol. The van der Waals surface area contributed by atoms with Crippen LogP contribution in [0.3, 0.4) is 0 Å². The van der Waals surface area contributed by atoms with Crippen LogP contribution in [-0.2, 0) is 0 Å². The molecule has 7 rings (SSSR count). The summed E-state index contributed by atoms with van der Waals surface area (Å²) in [5.74, 6) is 0.849. The zero-order valence-electron chi connectivity index (χ0n) is 24.5. The van der Waals surface area contributed by atoms with Crippen molar-refractivity contribution in [1.82, 2.24) is 9.97 Å². The number of aromatic amines is 2. The van der Waals surface area contributed by atoms with Crippen molar-refractivity contribution in [2.24, 2.45) is 0 Å². The molecule has 3 heterocycles. The van der Waals surface area contributed by atoms with Crippen LogP contribution in [0.5, 0.6) is 11.5 Å². The van der Waals surface area contributed by atoms with Gasteiger partial charge in [0.2, 0.25) is 0 Å². The second-order valence-corrected chi connectivity index (χ2v) is 11.0. The molecule has 0 fully saturated rings.